The minimum Gasteiger partial charge on any atom is -0.497 e. The summed E-state index contributed by atoms with van der Waals surface area (Å²) in [7, 11) is 1.52. The van der Waals surface area contributed by atoms with Gasteiger partial charge in [-0.25, -0.2) is 4.39 Å². The number of benzene rings is 2. The molecule has 0 saturated heterocycles. The van der Waals surface area contributed by atoms with E-state index in [0.717, 1.165) is 5.56 Å². The fraction of sp³-hybridized carbons (Fsp3) is 0.100. The number of methoxy groups -OCH3 is 1. The largest absolute Gasteiger partial charge is 0.497 e. The van der Waals surface area contributed by atoms with E-state index in [0.29, 0.717) is 18.0 Å². The smallest absolute Gasteiger partial charge is 0.298 e. The first kappa shape index (κ1) is 17.4. The quantitative estimate of drug-likeness (QED) is 0.546. The molecule has 0 bridgehead atoms. The maximum absolute atomic E-state index is 13.0. The minimum absolute atomic E-state index is 0.259. The van der Waals surface area contributed by atoms with Crippen molar-refractivity contribution >= 4 is 17.4 Å². The summed E-state index contributed by atoms with van der Waals surface area (Å²) >= 11 is 0. The number of nitrogens with zero attached hydrogens (tertiary/aromatic N) is 1. The molecular formula is C20H17FN2O3. The molecule has 5 nitrogen and oxygen atoms in total. The highest BCUT2D eigenvalue weighted by molar-refractivity contribution is 6.46. The Bertz CT molecular complexity index is 932. The number of ketones is 1. The highest BCUT2D eigenvalue weighted by atomic mass is 19.1. The summed E-state index contributed by atoms with van der Waals surface area (Å²) in [6, 6.07) is 16.0. The predicted molar refractivity (Wildman–Crippen MR) is 95.9 cm³/mol. The Kier molecular flexibility index (Phi) is 5.12. The molecule has 1 aromatic heterocycles. The number of nitrogens with one attached hydrogen (secondary N) is 1. The van der Waals surface area contributed by atoms with E-state index in [9.17, 15) is 14.0 Å². The number of rotatable bonds is 6. The van der Waals surface area contributed by atoms with E-state index in [1.807, 2.05) is 0 Å². The molecule has 1 heterocycles. The SMILES string of the molecule is COc1cccc(NC(=O)C(=O)c2cccn2Cc2ccc(F)cc2)c1. The van der Waals surface area contributed by atoms with Gasteiger partial charge in [0.15, 0.2) is 0 Å². The Hall–Kier alpha value is -3.41. The minimum atomic E-state index is -0.739. The van der Waals surface area contributed by atoms with Crippen LogP contribution in [0.25, 0.3) is 0 Å². The number of amides is 1. The second-order valence-electron chi connectivity index (χ2n) is 5.66. The van der Waals surface area contributed by atoms with Gasteiger partial charge in [0.1, 0.15) is 11.6 Å². The lowest BCUT2D eigenvalue weighted by Crippen LogP contribution is -2.25. The number of aromatic nitrogens is 1. The number of carbonyl (C=O) groups excluding carboxylic acids is 2. The van der Waals surface area contributed by atoms with E-state index < -0.39 is 11.7 Å². The summed E-state index contributed by atoms with van der Waals surface area (Å²) in [6.45, 7) is 0.362. The molecule has 0 saturated carbocycles. The van der Waals surface area contributed by atoms with Crippen LogP contribution >= 0.6 is 0 Å². The van der Waals surface area contributed by atoms with Crippen molar-refractivity contribution in [3.05, 3.63) is 83.9 Å². The molecule has 1 amide bonds. The van der Waals surface area contributed by atoms with Crippen LogP contribution in [0.4, 0.5) is 10.1 Å². The Morgan fingerprint density at radius 3 is 2.58 bits per heavy atom. The van der Waals surface area contributed by atoms with E-state index >= 15 is 0 Å². The van der Waals surface area contributed by atoms with Crippen molar-refractivity contribution in [2.45, 2.75) is 6.54 Å². The second kappa shape index (κ2) is 7.65. The van der Waals surface area contributed by atoms with Crippen LogP contribution in [-0.2, 0) is 11.3 Å². The number of hydrogen-bond acceptors (Lipinski definition) is 3. The standard InChI is InChI=1S/C20H17FN2O3/c1-26-17-5-2-4-16(12-17)22-20(25)19(24)18-6-3-11-23(18)13-14-7-9-15(21)10-8-14/h2-12H,13H2,1H3,(H,22,25). The van der Waals surface area contributed by atoms with Gasteiger partial charge in [0.2, 0.25) is 0 Å². The number of hydrogen-bond donors (Lipinski definition) is 1. The molecule has 0 aliphatic carbocycles. The van der Waals surface area contributed by atoms with Gasteiger partial charge in [-0.2, -0.15) is 0 Å². The van der Waals surface area contributed by atoms with Gasteiger partial charge in [-0.15, -0.1) is 0 Å². The molecular weight excluding hydrogens is 335 g/mol. The molecule has 6 heteroatoms. The molecule has 1 N–H and O–H groups in total. The summed E-state index contributed by atoms with van der Waals surface area (Å²) < 4.78 is 19.8. The van der Waals surface area contributed by atoms with E-state index in [2.05, 4.69) is 5.32 Å². The van der Waals surface area contributed by atoms with Gasteiger partial charge in [0.05, 0.1) is 12.8 Å². The van der Waals surface area contributed by atoms with Crippen molar-refractivity contribution in [2.24, 2.45) is 0 Å². The van der Waals surface area contributed by atoms with Crippen molar-refractivity contribution < 1.29 is 18.7 Å². The third-order valence-corrected chi connectivity index (χ3v) is 3.86. The maximum Gasteiger partial charge on any atom is 0.298 e. The van der Waals surface area contributed by atoms with Crippen LogP contribution in [0.15, 0.2) is 66.9 Å². The Morgan fingerprint density at radius 2 is 1.85 bits per heavy atom. The normalized spacial score (nSPS) is 10.4. The van der Waals surface area contributed by atoms with Crippen molar-refractivity contribution in [3.8, 4) is 5.75 Å². The lowest BCUT2D eigenvalue weighted by atomic mass is 10.2. The first-order chi connectivity index (χ1) is 12.6. The van der Waals surface area contributed by atoms with E-state index in [1.165, 1.54) is 19.2 Å². The van der Waals surface area contributed by atoms with Crippen LogP contribution < -0.4 is 10.1 Å². The molecule has 132 valence electrons. The average molecular weight is 352 g/mol. The van der Waals surface area contributed by atoms with Gasteiger partial charge in [0, 0.05) is 24.5 Å². The third-order valence-electron chi connectivity index (χ3n) is 3.86. The maximum atomic E-state index is 13.0. The predicted octanol–water partition coefficient (Wildman–Crippen LogP) is 3.51. The molecule has 0 unspecified atom stereocenters. The molecule has 3 rings (SSSR count). The summed E-state index contributed by atoms with van der Waals surface area (Å²) in [5.41, 5.74) is 1.55. The number of anilines is 1. The lowest BCUT2D eigenvalue weighted by molar-refractivity contribution is -0.112. The van der Waals surface area contributed by atoms with E-state index in [4.69, 9.17) is 4.74 Å². The molecule has 3 aromatic rings. The first-order valence-corrected chi connectivity index (χ1v) is 7.96. The zero-order valence-corrected chi connectivity index (χ0v) is 14.1. The van der Waals surface area contributed by atoms with Gasteiger partial charge in [-0.05, 0) is 42.0 Å². The van der Waals surface area contributed by atoms with Crippen LogP contribution in [0.5, 0.6) is 5.75 Å². The van der Waals surface area contributed by atoms with Gasteiger partial charge < -0.3 is 14.6 Å². The second-order valence-corrected chi connectivity index (χ2v) is 5.66. The average Bonchev–Trinajstić information content (AvgIpc) is 3.11. The Labute approximate surface area is 150 Å². The molecule has 0 spiro atoms. The molecule has 0 aliphatic rings. The molecule has 26 heavy (non-hydrogen) atoms. The Balaban J connectivity index is 1.74. The molecule has 0 atom stereocenters. The summed E-state index contributed by atoms with van der Waals surface area (Å²) in [6.07, 6.45) is 1.70. The first-order valence-electron chi connectivity index (χ1n) is 7.96. The fourth-order valence-electron chi connectivity index (χ4n) is 2.55. The fourth-order valence-corrected chi connectivity index (χ4v) is 2.55. The van der Waals surface area contributed by atoms with Gasteiger partial charge in [-0.1, -0.05) is 18.2 Å². The zero-order chi connectivity index (χ0) is 18.5. The number of Topliss-reactive ketones (excluding diaryl/α,β-unsaturated/α-hetero) is 1. The zero-order valence-electron chi connectivity index (χ0n) is 14.1. The van der Waals surface area contributed by atoms with Crippen molar-refractivity contribution in [2.75, 3.05) is 12.4 Å². The van der Waals surface area contributed by atoms with Gasteiger partial charge >= 0.3 is 0 Å². The molecule has 2 aromatic carbocycles. The number of halogens is 1. The topological polar surface area (TPSA) is 60.3 Å². The number of carbonyl (C=O) groups is 2. The van der Waals surface area contributed by atoms with Gasteiger partial charge in [-0.3, -0.25) is 9.59 Å². The molecule has 0 fully saturated rings. The molecule has 0 aliphatic heterocycles. The summed E-state index contributed by atoms with van der Waals surface area (Å²) in [5, 5.41) is 2.57. The van der Waals surface area contributed by atoms with Crippen molar-refractivity contribution in [3.63, 3.8) is 0 Å². The van der Waals surface area contributed by atoms with E-state index in [1.54, 1.807) is 59.3 Å². The van der Waals surface area contributed by atoms with Crippen LogP contribution in [0.3, 0.4) is 0 Å². The van der Waals surface area contributed by atoms with E-state index in [-0.39, 0.29) is 11.5 Å². The van der Waals surface area contributed by atoms with Crippen molar-refractivity contribution in [1.29, 1.82) is 0 Å². The summed E-state index contributed by atoms with van der Waals surface area (Å²) in [5.74, 6) is -1.14. The number of ether oxygens (including phenoxy) is 1. The summed E-state index contributed by atoms with van der Waals surface area (Å²) in [4.78, 5) is 24.8. The lowest BCUT2D eigenvalue weighted by Gasteiger charge is -2.10. The van der Waals surface area contributed by atoms with Gasteiger partial charge in [0.25, 0.3) is 11.7 Å². The van der Waals surface area contributed by atoms with Crippen LogP contribution in [0.1, 0.15) is 16.1 Å². The van der Waals surface area contributed by atoms with Crippen LogP contribution in [-0.4, -0.2) is 23.4 Å². The third kappa shape index (κ3) is 3.97. The van der Waals surface area contributed by atoms with Crippen LogP contribution in [0, 0.1) is 5.82 Å². The highest BCUT2D eigenvalue weighted by Crippen LogP contribution is 2.17. The Morgan fingerprint density at radius 1 is 1.08 bits per heavy atom. The van der Waals surface area contributed by atoms with Crippen molar-refractivity contribution in [1.82, 2.24) is 4.57 Å². The monoisotopic (exact) mass is 352 g/mol. The van der Waals surface area contributed by atoms with Crippen LogP contribution in [0.2, 0.25) is 0 Å². The highest BCUT2D eigenvalue weighted by Gasteiger charge is 2.20. The molecule has 0 radical (unpaired) electrons.